The Morgan fingerprint density at radius 2 is 1.80 bits per heavy atom. The van der Waals surface area contributed by atoms with Crippen LogP contribution in [0.25, 0.3) is 0 Å². The highest BCUT2D eigenvalue weighted by Gasteiger charge is 2.61. The van der Waals surface area contributed by atoms with Gasteiger partial charge in [-0.3, -0.25) is 14.7 Å². The van der Waals surface area contributed by atoms with Gasteiger partial charge in [0.25, 0.3) is 15.9 Å². The zero-order chi connectivity index (χ0) is 32.6. The van der Waals surface area contributed by atoms with Gasteiger partial charge >= 0.3 is 0 Å². The minimum absolute atomic E-state index is 0.0886. The molecule has 0 N–H and O–H groups in total. The largest absolute Gasteiger partial charge is 0.495 e. The summed E-state index contributed by atoms with van der Waals surface area (Å²) in [6, 6.07) is 16.5. The number of ether oxygens (including phenoxy) is 2. The maximum absolute atomic E-state index is 15.2. The lowest BCUT2D eigenvalue weighted by Crippen LogP contribution is -2.60. The maximum Gasteiger partial charge on any atom is 0.288 e. The Morgan fingerprint density at radius 1 is 1.02 bits per heavy atom. The lowest BCUT2D eigenvalue weighted by atomic mass is 9.81. The fourth-order valence-corrected chi connectivity index (χ4v) is 7.64. The Kier molecular flexibility index (Phi) is 8.28. The van der Waals surface area contributed by atoms with Gasteiger partial charge in [0.2, 0.25) is 5.88 Å². The van der Waals surface area contributed by atoms with Crippen molar-refractivity contribution in [2.75, 3.05) is 49.1 Å². The number of halogens is 1. The number of piperazine rings is 1. The number of fused-ring (bicyclic) bond motifs is 1. The van der Waals surface area contributed by atoms with Crippen LogP contribution >= 0.6 is 11.6 Å². The lowest BCUT2D eigenvalue weighted by molar-refractivity contribution is -0.127. The molecule has 0 radical (unpaired) electrons. The number of amides is 1. The number of nitriles is 1. The molecule has 1 atom stereocenters. The highest BCUT2D eigenvalue weighted by Crippen LogP contribution is 2.52. The van der Waals surface area contributed by atoms with E-state index in [0.717, 1.165) is 15.7 Å². The number of nitrogens with zero attached hydrogens (tertiary/aromatic N) is 7. The van der Waals surface area contributed by atoms with Gasteiger partial charge in [-0.25, -0.2) is 9.97 Å². The number of hydrogen-bond acceptors (Lipinski definition) is 11. The summed E-state index contributed by atoms with van der Waals surface area (Å²) in [5.41, 5.74) is 1.10. The second-order valence-electron chi connectivity index (χ2n) is 10.7. The Bertz CT molecular complexity index is 1960. The molecule has 0 bridgehead atoms. The Balaban J connectivity index is 1.57. The quantitative estimate of drug-likeness (QED) is 0.254. The molecule has 12 nitrogen and oxygen atoms in total. The molecule has 46 heavy (non-hydrogen) atoms. The van der Waals surface area contributed by atoms with E-state index in [4.69, 9.17) is 21.1 Å². The van der Waals surface area contributed by atoms with Gasteiger partial charge in [-0.2, -0.15) is 18.0 Å². The molecule has 6 rings (SSSR count). The van der Waals surface area contributed by atoms with E-state index in [1.165, 1.54) is 37.6 Å². The topological polar surface area (TPSA) is 142 Å². The third kappa shape index (κ3) is 5.08. The van der Waals surface area contributed by atoms with Crippen LogP contribution < -0.4 is 18.7 Å². The van der Waals surface area contributed by atoms with Crippen molar-refractivity contribution < 1.29 is 22.7 Å². The van der Waals surface area contributed by atoms with Crippen LogP contribution in [0.3, 0.4) is 0 Å². The highest BCUT2D eigenvalue weighted by atomic mass is 35.5. The van der Waals surface area contributed by atoms with Crippen LogP contribution in [0.4, 0.5) is 11.4 Å². The van der Waals surface area contributed by atoms with Gasteiger partial charge in [0.1, 0.15) is 10.9 Å². The van der Waals surface area contributed by atoms with Crippen molar-refractivity contribution in [2.45, 2.75) is 24.4 Å². The van der Waals surface area contributed by atoms with E-state index in [1.807, 2.05) is 24.0 Å². The molecule has 1 fully saturated rings. The van der Waals surface area contributed by atoms with Crippen molar-refractivity contribution in [3.63, 3.8) is 0 Å². The van der Waals surface area contributed by atoms with Crippen LogP contribution in [0.1, 0.15) is 29.3 Å². The number of carbonyl (C=O) groups is 1. The minimum atomic E-state index is -4.55. The van der Waals surface area contributed by atoms with Gasteiger partial charge in [0.05, 0.1) is 37.2 Å². The maximum atomic E-state index is 15.2. The minimum Gasteiger partial charge on any atom is -0.495 e. The van der Waals surface area contributed by atoms with E-state index in [2.05, 4.69) is 25.9 Å². The normalized spacial score (nSPS) is 18.3. The Morgan fingerprint density at radius 3 is 2.46 bits per heavy atom. The third-order valence-corrected chi connectivity index (χ3v) is 10.00. The van der Waals surface area contributed by atoms with Crippen molar-refractivity contribution in [3.8, 4) is 17.7 Å². The molecular weight excluding hydrogens is 630 g/mol. The first kappa shape index (κ1) is 31.2. The second-order valence-corrected chi connectivity index (χ2v) is 12.8. The van der Waals surface area contributed by atoms with E-state index in [-0.39, 0.29) is 33.9 Å². The molecule has 1 saturated heterocycles. The molecule has 0 saturated carbocycles. The first-order chi connectivity index (χ1) is 22.1. The van der Waals surface area contributed by atoms with Crippen molar-refractivity contribution in [1.82, 2.24) is 19.9 Å². The summed E-state index contributed by atoms with van der Waals surface area (Å²) in [7, 11) is -3.11. The molecule has 1 unspecified atom stereocenters. The van der Waals surface area contributed by atoms with Gasteiger partial charge in [-0.1, -0.05) is 11.6 Å². The summed E-state index contributed by atoms with van der Waals surface area (Å²) in [5.74, 6) is -0.324. The molecule has 4 aromatic rings. The van der Waals surface area contributed by atoms with Crippen molar-refractivity contribution in [1.29, 1.82) is 5.26 Å². The fourth-order valence-electron chi connectivity index (χ4n) is 6.12. The number of hydrogen-bond donors (Lipinski definition) is 0. The van der Waals surface area contributed by atoms with Gasteiger partial charge < -0.3 is 14.4 Å². The number of carbonyl (C=O) groups excluding carboxylic acids is 1. The van der Waals surface area contributed by atoms with E-state index in [9.17, 15) is 13.7 Å². The summed E-state index contributed by atoms with van der Waals surface area (Å²) in [6.45, 7) is 5.65. The number of methoxy groups -OCH3 is 1. The Hall–Kier alpha value is -4.77. The van der Waals surface area contributed by atoms with Gasteiger partial charge in [-0.15, -0.1) is 0 Å². The van der Waals surface area contributed by atoms with Crippen LogP contribution in [0.2, 0.25) is 5.15 Å². The van der Waals surface area contributed by atoms with E-state index in [0.29, 0.717) is 43.1 Å². The smallest absolute Gasteiger partial charge is 0.288 e. The molecule has 3 aromatic heterocycles. The number of anilines is 2. The predicted molar refractivity (Wildman–Crippen MR) is 171 cm³/mol. The molecular formula is C32H30ClN7O5S. The van der Waals surface area contributed by atoms with Gasteiger partial charge in [0.15, 0.2) is 10.6 Å². The van der Waals surface area contributed by atoms with Crippen LogP contribution in [0, 0.1) is 18.3 Å². The van der Waals surface area contributed by atoms with Gasteiger partial charge in [0, 0.05) is 54.9 Å². The molecule has 1 amide bonds. The molecule has 2 aliphatic heterocycles. The average molecular weight is 660 g/mol. The average Bonchev–Trinajstić information content (AvgIpc) is 3.33. The van der Waals surface area contributed by atoms with Crippen LogP contribution in [-0.2, 0) is 20.4 Å². The first-order valence-electron chi connectivity index (χ1n) is 14.5. The third-order valence-electron chi connectivity index (χ3n) is 8.17. The molecule has 2 aliphatic rings. The number of benzene rings is 1. The molecule has 14 heteroatoms. The van der Waals surface area contributed by atoms with E-state index < -0.39 is 21.5 Å². The first-order valence-corrected chi connectivity index (χ1v) is 16.3. The zero-order valence-corrected chi connectivity index (χ0v) is 26.9. The summed E-state index contributed by atoms with van der Waals surface area (Å²) in [6.07, 6.45) is 3.03. The number of aryl methyl sites for hydroxylation is 1. The van der Waals surface area contributed by atoms with E-state index in [1.54, 1.807) is 31.3 Å². The van der Waals surface area contributed by atoms with Crippen molar-refractivity contribution in [2.24, 2.45) is 0 Å². The Labute approximate surface area is 271 Å². The SMILES string of the molecule is CCOc1nc(Cl)ccc1C1(N2CCN(c3ccnc(C)c3)CC2)C(=O)N(S(=O)(=O)c2ccc(OC)cn2)c2ccc(C#N)cc21. The molecule has 0 spiro atoms. The van der Waals surface area contributed by atoms with Crippen molar-refractivity contribution >= 4 is 38.9 Å². The highest BCUT2D eigenvalue weighted by molar-refractivity contribution is 7.93. The lowest BCUT2D eigenvalue weighted by Gasteiger charge is -2.45. The molecule has 1 aromatic carbocycles. The zero-order valence-electron chi connectivity index (χ0n) is 25.3. The van der Waals surface area contributed by atoms with Crippen LogP contribution in [0.15, 0.2) is 72.0 Å². The molecule has 0 aliphatic carbocycles. The summed E-state index contributed by atoms with van der Waals surface area (Å²) in [5, 5.41) is 9.73. The predicted octanol–water partition coefficient (Wildman–Crippen LogP) is 3.91. The standard InChI is InChI=1S/C32H30ClN7O5S/c1-4-45-30-25(7-9-28(33)37-30)32(39-15-13-38(14-16-39)23-11-12-35-21(2)17-23)26-18-22(19-34)5-8-27(26)40(31(32)41)46(42,43)29-10-6-24(44-3)20-36-29/h5-12,17-18,20H,4,13-16H2,1-3H3. The van der Waals surface area contributed by atoms with Crippen LogP contribution in [0.5, 0.6) is 11.6 Å². The molecule has 236 valence electrons. The van der Waals surface area contributed by atoms with Crippen molar-refractivity contribution in [3.05, 3.63) is 94.5 Å². The summed E-state index contributed by atoms with van der Waals surface area (Å²) in [4.78, 5) is 32.1. The molecule has 5 heterocycles. The number of sulfonamides is 1. The number of aromatic nitrogens is 3. The van der Waals surface area contributed by atoms with E-state index >= 15 is 4.79 Å². The second kappa shape index (κ2) is 12.2. The summed E-state index contributed by atoms with van der Waals surface area (Å²) < 4.78 is 40.6. The van der Waals surface area contributed by atoms with Gasteiger partial charge in [-0.05, 0) is 68.4 Å². The summed E-state index contributed by atoms with van der Waals surface area (Å²) >= 11 is 6.31. The van der Waals surface area contributed by atoms with Crippen LogP contribution in [-0.4, -0.2) is 74.1 Å². The fraction of sp³-hybridized carbons (Fsp3) is 0.281. The number of pyridine rings is 3. The number of rotatable bonds is 8. The monoisotopic (exact) mass is 659 g/mol.